The van der Waals surface area contributed by atoms with Gasteiger partial charge in [0.05, 0.1) is 11.4 Å². The van der Waals surface area contributed by atoms with E-state index in [0.717, 1.165) is 28.2 Å². The number of fused-ring (bicyclic) bond motifs is 1. The molecule has 0 fully saturated rings. The Balaban J connectivity index is 2.47. The smallest absolute Gasteiger partial charge is 0.122 e. The number of rotatable bonds is 3. The average Bonchev–Trinajstić information content (AvgIpc) is 2.72. The average molecular weight is 269 g/mol. The van der Waals surface area contributed by atoms with Crippen LogP contribution in [0.2, 0.25) is 0 Å². The van der Waals surface area contributed by atoms with Crippen molar-refractivity contribution in [2.24, 2.45) is 0 Å². The molecular formula is C17H23N3. The van der Waals surface area contributed by atoms with Gasteiger partial charge >= 0.3 is 0 Å². The quantitative estimate of drug-likeness (QED) is 0.643. The van der Waals surface area contributed by atoms with Gasteiger partial charge < -0.3 is 16.0 Å². The van der Waals surface area contributed by atoms with Crippen LogP contribution in [0.4, 0.5) is 17.1 Å². The minimum atomic E-state index is 0.141. The van der Waals surface area contributed by atoms with E-state index in [1.165, 1.54) is 11.1 Å². The fourth-order valence-corrected chi connectivity index (χ4v) is 2.54. The van der Waals surface area contributed by atoms with Crippen LogP contribution >= 0.6 is 0 Å². The third kappa shape index (κ3) is 2.20. The fourth-order valence-electron chi connectivity index (χ4n) is 2.54. The molecule has 1 aliphatic rings. The van der Waals surface area contributed by atoms with E-state index in [-0.39, 0.29) is 6.17 Å². The topological polar surface area (TPSA) is 41.3 Å². The Morgan fingerprint density at radius 3 is 2.55 bits per heavy atom. The molecule has 1 aromatic rings. The minimum Gasteiger partial charge on any atom is -0.398 e. The molecular weight excluding hydrogens is 246 g/mol. The molecule has 1 atom stereocenters. The second-order valence-corrected chi connectivity index (χ2v) is 5.46. The predicted molar refractivity (Wildman–Crippen MR) is 89.9 cm³/mol. The van der Waals surface area contributed by atoms with Crippen LogP contribution in [0.15, 0.2) is 42.5 Å². The third-order valence-electron chi connectivity index (χ3n) is 4.03. The standard InChI is InChI=1S/C17H23N3/c1-7-11(4)12(5)17-19-15-9-14(18)13(10(2)3)8-16(15)20(17)6/h7-9,17,19H,1-2,18H2,3-6H3/b12-11+. The van der Waals surface area contributed by atoms with Crippen molar-refractivity contribution in [1.82, 2.24) is 0 Å². The molecule has 0 aliphatic carbocycles. The molecule has 0 aromatic heterocycles. The predicted octanol–water partition coefficient (Wildman–Crippen LogP) is 4.01. The molecule has 1 aliphatic heterocycles. The summed E-state index contributed by atoms with van der Waals surface area (Å²) in [4.78, 5) is 2.23. The molecule has 0 radical (unpaired) electrons. The molecule has 0 saturated heterocycles. The summed E-state index contributed by atoms with van der Waals surface area (Å²) in [6, 6.07) is 4.10. The number of nitrogens with zero attached hydrogens (tertiary/aromatic N) is 1. The first-order valence-corrected chi connectivity index (χ1v) is 6.75. The van der Waals surface area contributed by atoms with E-state index in [1.54, 1.807) is 0 Å². The number of nitrogens with two attached hydrogens (primary N) is 1. The van der Waals surface area contributed by atoms with E-state index in [9.17, 15) is 0 Å². The summed E-state index contributed by atoms with van der Waals surface area (Å²) >= 11 is 0. The normalized spacial score (nSPS) is 18.2. The molecule has 0 amide bonds. The van der Waals surface area contributed by atoms with Gasteiger partial charge in [-0.05, 0) is 49.6 Å². The SMILES string of the molecule is C=C/C(C)=C(\C)C1Nc2cc(N)c(C(=C)C)cc2N1C. The highest BCUT2D eigenvalue weighted by molar-refractivity contribution is 5.87. The van der Waals surface area contributed by atoms with Gasteiger partial charge in [-0.3, -0.25) is 0 Å². The van der Waals surface area contributed by atoms with Gasteiger partial charge in [-0.1, -0.05) is 19.2 Å². The first-order chi connectivity index (χ1) is 9.36. The van der Waals surface area contributed by atoms with Crippen molar-refractivity contribution in [3.8, 4) is 0 Å². The molecule has 0 saturated carbocycles. The number of likely N-dealkylation sites (N-methyl/N-ethyl adjacent to an activating group) is 1. The summed E-state index contributed by atoms with van der Waals surface area (Å²) in [6.45, 7) is 14.0. The first kappa shape index (κ1) is 14.3. The van der Waals surface area contributed by atoms with E-state index in [1.807, 2.05) is 19.1 Å². The number of benzene rings is 1. The van der Waals surface area contributed by atoms with Crippen LogP contribution in [-0.2, 0) is 0 Å². The Morgan fingerprint density at radius 1 is 1.35 bits per heavy atom. The molecule has 0 spiro atoms. The maximum atomic E-state index is 6.10. The minimum absolute atomic E-state index is 0.141. The lowest BCUT2D eigenvalue weighted by Gasteiger charge is -2.24. The van der Waals surface area contributed by atoms with E-state index in [2.05, 4.69) is 50.3 Å². The van der Waals surface area contributed by atoms with Crippen LogP contribution < -0.4 is 16.0 Å². The van der Waals surface area contributed by atoms with Crippen molar-refractivity contribution < 1.29 is 0 Å². The van der Waals surface area contributed by atoms with Gasteiger partial charge in [0.25, 0.3) is 0 Å². The number of anilines is 3. The van der Waals surface area contributed by atoms with Crippen LogP contribution in [0.3, 0.4) is 0 Å². The molecule has 20 heavy (non-hydrogen) atoms. The number of hydrogen-bond donors (Lipinski definition) is 2. The van der Waals surface area contributed by atoms with Crippen molar-refractivity contribution in [3.63, 3.8) is 0 Å². The summed E-state index contributed by atoms with van der Waals surface area (Å²) in [6.07, 6.45) is 2.03. The van der Waals surface area contributed by atoms with Crippen molar-refractivity contribution in [2.45, 2.75) is 26.9 Å². The molecule has 106 valence electrons. The zero-order valence-corrected chi connectivity index (χ0v) is 12.7. The van der Waals surface area contributed by atoms with Crippen LogP contribution in [0, 0.1) is 0 Å². The monoisotopic (exact) mass is 269 g/mol. The van der Waals surface area contributed by atoms with E-state index in [4.69, 9.17) is 5.73 Å². The Labute approximate surface area is 121 Å². The molecule has 1 heterocycles. The fraction of sp³-hybridized carbons (Fsp3) is 0.294. The van der Waals surface area contributed by atoms with E-state index >= 15 is 0 Å². The lowest BCUT2D eigenvalue weighted by Crippen LogP contribution is -2.33. The number of allylic oxidation sites excluding steroid dienone is 3. The Kier molecular flexibility index (Phi) is 3.62. The van der Waals surface area contributed by atoms with Crippen molar-refractivity contribution in [1.29, 1.82) is 0 Å². The van der Waals surface area contributed by atoms with Gasteiger partial charge in [-0.2, -0.15) is 0 Å². The number of hydrogen-bond acceptors (Lipinski definition) is 3. The molecule has 3 heteroatoms. The summed E-state index contributed by atoms with van der Waals surface area (Å²) in [5, 5.41) is 3.52. The summed E-state index contributed by atoms with van der Waals surface area (Å²) < 4.78 is 0. The molecule has 3 N–H and O–H groups in total. The van der Waals surface area contributed by atoms with Crippen molar-refractivity contribution in [2.75, 3.05) is 23.0 Å². The van der Waals surface area contributed by atoms with E-state index < -0.39 is 0 Å². The van der Waals surface area contributed by atoms with Gasteiger partial charge in [0, 0.05) is 18.3 Å². The van der Waals surface area contributed by atoms with Crippen LogP contribution in [-0.4, -0.2) is 13.2 Å². The van der Waals surface area contributed by atoms with E-state index in [0.29, 0.717) is 0 Å². The third-order valence-corrected chi connectivity index (χ3v) is 4.03. The zero-order chi connectivity index (χ0) is 15.0. The highest BCUT2D eigenvalue weighted by atomic mass is 15.3. The summed E-state index contributed by atoms with van der Waals surface area (Å²) in [5.41, 5.74) is 13.5. The van der Waals surface area contributed by atoms with Crippen molar-refractivity contribution in [3.05, 3.63) is 48.1 Å². The van der Waals surface area contributed by atoms with Gasteiger partial charge in [0.1, 0.15) is 6.17 Å². The first-order valence-electron chi connectivity index (χ1n) is 6.75. The highest BCUT2D eigenvalue weighted by Crippen LogP contribution is 2.40. The van der Waals surface area contributed by atoms with Crippen LogP contribution in [0.5, 0.6) is 0 Å². The van der Waals surface area contributed by atoms with Gasteiger partial charge in [0.2, 0.25) is 0 Å². The second-order valence-electron chi connectivity index (χ2n) is 5.46. The number of nitrogen functional groups attached to an aromatic ring is 1. The van der Waals surface area contributed by atoms with Gasteiger partial charge in [0.15, 0.2) is 0 Å². The molecule has 1 aromatic carbocycles. The maximum absolute atomic E-state index is 6.10. The maximum Gasteiger partial charge on any atom is 0.122 e. The molecule has 0 bridgehead atoms. The van der Waals surface area contributed by atoms with Crippen LogP contribution in [0.1, 0.15) is 26.3 Å². The number of nitrogens with one attached hydrogen (secondary N) is 1. The Bertz CT molecular complexity index is 611. The highest BCUT2D eigenvalue weighted by Gasteiger charge is 2.28. The lowest BCUT2D eigenvalue weighted by molar-refractivity contribution is 0.822. The van der Waals surface area contributed by atoms with Crippen LogP contribution in [0.25, 0.3) is 5.57 Å². The van der Waals surface area contributed by atoms with Gasteiger partial charge in [-0.25, -0.2) is 0 Å². The molecule has 1 unspecified atom stereocenters. The Morgan fingerprint density at radius 2 is 2.00 bits per heavy atom. The summed E-state index contributed by atoms with van der Waals surface area (Å²) in [7, 11) is 2.09. The second kappa shape index (κ2) is 5.08. The van der Waals surface area contributed by atoms with Gasteiger partial charge in [-0.15, -0.1) is 0 Å². The largest absolute Gasteiger partial charge is 0.398 e. The Hall–Kier alpha value is -2.16. The summed E-state index contributed by atoms with van der Waals surface area (Å²) in [5.74, 6) is 0. The van der Waals surface area contributed by atoms with Crippen molar-refractivity contribution >= 4 is 22.6 Å². The zero-order valence-electron chi connectivity index (χ0n) is 12.7. The molecule has 3 nitrogen and oxygen atoms in total. The molecule has 2 rings (SSSR count). The lowest BCUT2D eigenvalue weighted by atomic mass is 10.0.